The van der Waals surface area contributed by atoms with Crippen molar-refractivity contribution in [1.29, 1.82) is 0 Å². The van der Waals surface area contributed by atoms with Crippen LogP contribution in [0.25, 0.3) is 0 Å². The Labute approximate surface area is 121 Å². The molecule has 0 aromatic heterocycles. The topological polar surface area (TPSA) is 41.6 Å². The van der Waals surface area contributed by atoms with E-state index in [-0.39, 0.29) is 18.0 Å². The van der Waals surface area contributed by atoms with Crippen molar-refractivity contribution in [2.75, 3.05) is 20.2 Å². The van der Waals surface area contributed by atoms with Crippen LogP contribution >= 0.6 is 0 Å². The number of nitrogens with zero attached hydrogens (tertiary/aromatic N) is 1. The van der Waals surface area contributed by atoms with Crippen molar-refractivity contribution < 1.29 is 9.53 Å². The van der Waals surface area contributed by atoms with E-state index in [9.17, 15) is 4.79 Å². The minimum absolute atomic E-state index is 0.0766. The minimum atomic E-state index is -0.173. The molecule has 1 aromatic rings. The molecule has 0 aliphatic carbocycles. The Morgan fingerprint density at radius 2 is 1.90 bits per heavy atom. The number of methoxy groups -OCH3 is 1. The highest BCUT2D eigenvalue weighted by Crippen LogP contribution is 2.24. The molecular formula is C16H24N2O2. The SMILES string of the molecule is COc1ccccc1C(C)NC(C)C(=O)N1CCCC1. The molecule has 1 aliphatic heterocycles. The summed E-state index contributed by atoms with van der Waals surface area (Å²) in [5, 5.41) is 3.38. The number of carbonyl (C=O) groups is 1. The minimum Gasteiger partial charge on any atom is -0.496 e. The van der Waals surface area contributed by atoms with Crippen molar-refractivity contribution >= 4 is 5.91 Å². The quantitative estimate of drug-likeness (QED) is 0.897. The largest absolute Gasteiger partial charge is 0.496 e. The third-order valence-electron chi connectivity index (χ3n) is 3.89. The van der Waals surface area contributed by atoms with Gasteiger partial charge in [-0.05, 0) is 32.8 Å². The van der Waals surface area contributed by atoms with E-state index in [2.05, 4.69) is 12.2 Å². The van der Waals surface area contributed by atoms with Crippen molar-refractivity contribution in [1.82, 2.24) is 10.2 Å². The summed E-state index contributed by atoms with van der Waals surface area (Å²) in [5.41, 5.74) is 1.08. The summed E-state index contributed by atoms with van der Waals surface area (Å²) in [6.07, 6.45) is 2.25. The van der Waals surface area contributed by atoms with Crippen LogP contribution in [-0.2, 0) is 4.79 Å². The smallest absolute Gasteiger partial charge is 0.239 e. The van der Waals surface area contributed by atoms with Crippen LogP contribution in [0, 0.1) is 0 Å². The molecule has 2 rings (SSSR count). The second-order valence-corrected chi connectivity index (χ2v) is 5.38. The molecule has 4 heteroatoms. The van der Waals surface area contributed by atoms with Gasteiger partial charge in [0.15, 0.2) is 0 Å². The molecule has 1 heterocycles. The summed E-state index contributed by atoms with van der Waals surface area (Å²) in [5.74, 6) is 1.05. The first-order valence-electron chi connectivity index (χ1n) is 7.31. The zero-order valence-corrected chi connectivity index (χ0v) is 12.6. The lowest BCUT2D eigenvalue weighted by Crippen LogP contribution is -2.44. The molecule has 4 nitrogen and oxygen atoms in total. The first kappa shape index (κ1) is 14.9. The van der Waals surface area contributed by atoms with Gasteiger partial charge in [0.25, 0.3) is 0 Å². The fourth-order valence-electron chi connectivity index (χ4n) is 2.77. The molecule has 0 spiro atoms. The lowest BCUT2D eigenvalue weighted by atomic mass is 10.1. The van der Waals surface area contributed by atoms with Gasteiger partial charge >= 0.3 is 0 Å². The Bertz CT molecular complexity index is 456. The van der Waals surface area contributed by atoms with Crippen LogP contribution in [0.2, 0.25) is 0 Å². The molecule has 1 aromatic carbocycles. The number of benzene rings is 1. The maximum absolute atomic E-state index is 12.3. The van der Waals surface area contributed by atoms with E-state index in [1.54, 1.807) is 7.11 Å². The van der Waals surface area contributed by atoms with Gasteiger partial charge < -0.3 is 9.64 Å². The number of para-hydroxylation sites is 1. The molecule has 0 radical (unpaired) electrons. The van der Waals surface area contributed by atoms with Crippen LogP contribution in [0.4, 0.5) is 0 Å². The molecule has 20 heavy (non-hydrogen) atoms. The van der Waals surface area contributed by atoms with Gasteiger partial charge in [-0.1, -0.05) is 18.2 Å². The molecule has 0 saturated carbocycles. The van der Waals surface area contributed by atoms with E-state index in [4.69, 9.17) is 4.74 Å². The second-order valence-electron chi connectivity index (χ2n) is 5.38. The second kappa shape index (κ2) is 6.75. The number of ether oxygens (including phenoxy) is 1. The predicted molar refractivity (Wildman–Crippen MR) is 79.8 cm³/mol. The molecule has 1 amide bonds. The predicted octanol–water partition coefficient (Wildman–Crippen LogP) is 2.36. The third kappa shape index (κ3) is 3.31. The summed E-state index contributed by atoms with van der Waals surface area (Å²) in [4.78, 5) is 14.2. The van der Waals surface area contributed by atoms with Crippen LogP contribution < -0.4 is 10.1 Å². The molecule has 0 bridgehead atoms. The van der Waals surface area contributed by atoms with Gasteiger partial charge in [-0.25, -0.2) is 0 Å². The average Bonchev–Trinajstić information content (AvgIpc) is 3.00. The van der Waals surface area contributed by atoms with Gasteiger partial charge in [0.2, 0.25) is 5.91 Å². The van der Waals surface area contributed by atoms with E-state index >= 15 is 0 Å². The highest BCUT2D eigenvalue weighted by atomic mass is 16.5. The van der Waals surface area contributed by atoms with Crippen molar-refractivity contribution in [2.24, 2.45) is 0 Å². The zero-order chi connectivity index (χ0) is 14.5. The Kier molecular flexibility index (Phi) is 5.01. The molecular weight excluding hydrogens is 252 g/mol. The monoisotopic (exact) mass is 276 g/mol. The van der Waals surface area contributed by atoms with Crippen LogP contribution in [0.1, 0.15) is 38.3 Å². The van der Waals surface area contributed by atoms with Gasteiger partial charge in [-0.15, -0.1) is 0 Å². The van der Waals surface area contributed by atoms with E-state index in [1.165, 1.54) is 0 Å². The fraction of sp³-hybridized carbons (Fsp3) is 0.562. The van der Waals surface area contributed by atoms with E-state index in [1.807, 2.05) is 36.1 Å². The molecule has 2 unspecified atom stereocenters. The fourth-order valence-corrected chi connectivity index (χ4v) is 2.77. The number of carbonyl (C=O) groups excluding carboxylic acids is 1. The van der Waals surface area contributed by atoms with Crippen LogP contribution in [0.3, 0.4) is 0 Å². The van der Waals surface area contributed by atoms with E-state index < -0.39 is 0 Å². The molecule has 110 valence electrons. The standard InChI is InChI=1S/C16H24N2O2/c1-12(14-8-4-5-9-15(14)20-3)17-13(2)16(19)18-10-6-7-11-18/h4-5,8-9,12-13,17H,6-7,10-11H2,1-3H3. The number of hydrogen-bond acceptors (Lipinski definition) is 3. The van der Waals surface area contributed by atoms with E-state index in [0.29, 0.717) is 0 Å². The van der Waals surface area contributed by atoms with Gasteiger partial charge in [-0.3, -0.25) is 10.1 Å². The average molecular weight is 276 g/mol. The molecule has 2 atom stereocenters. The Morgan fingerprint density at radius 3 is 2.55 bits per heavy atom. The molecule has 1 saturated heterocycles. The van der Waals surface area contributed by atoms with Gasteiger partial charge in [0.1, 0.15) is 5.75 Å². The lowest BCUT2D eigenvalue weighted by molar-refractivity contribution is -0.132. The normalized spacial score (nSPS) is 17.9. The van der Waals surface area contributed by atoms with Crippen molar-refractivity contribution in [3.05, 3.63) is 29.8 Å². The van der Waals surface area contributed by atoms with Gasteiger partial charge in [-0.2, -0.15) is 0 Å². The Balaban J connectivity index is 1.99. The number of amides is 1. The summed E-state index contributed by atoms with van der Waals surface area (Å²) >= 11 is 0. The first-order chi connectivity index (χ1) is 9.63. The van der Waals surface area contributed by atoms with Crippen LogP contribution in [-0.4, -0.2) is 37.0 Å². The number of likely N-dealkylation sites (tertiary alicyclic amines) is 1. The van der Waals surface area contributed by atoms with Crippen LogP contribution in [0.5, 0.6) is 5.75 Å². The highest BCUT2D eigenvalue weighted by Gasteiger charge is 2.24. The Morgan fingerprint density at radius 1 is 1.25 bits per heavy atom. The van der Waals surface area contributed by atoms with Crippen molar-refractivity contribution in [3.8, 4) is 5.75 Å². The number of hydrogen-bond donors (Lipinski definition) is 1. The molecule has 1 aliphatic rings. The maximum atomic E-state index is 12.3. The lowest BCUT2D eigenvalue weighted by Gasteiger charge is -2.25. The van der Waals surface area contributed by atoms with Crippen molar-refractivity contribution in [2.45, 2.75) is 38.8 Å². The van der Waals surface area contributed by atoms with Gasteiger partial charge in [0.05, 0.1) is 13.2 Å². The maximum Gasteiger partial charge on any atom is 0.239 e. The number of rotatable bonds is 5. The van der Waals surface area contributed by atoms with Crippen LogP contribution in [0.15, 0.2) is 24.3 Å². The summed E-state index contributed by atoms with van der Waals surface area (Å²) in [7, 11) is 1.67. The third-order valence-corrected chi connectivity index (χ3v) is 3.89. The van der Waals surface area contributed by atoms with E-state index in [0.717, 1.165) is 37.2 Å². The van der Waals surface area contributed by atoms with Gasteiger partial charge in [0, 0.05) is 24.7 Å². The number of nitrogens with one attached hydrogen (secondary N) is 1. The summed E-state index contributed by atoms with van der Waals surface area (Å²) in [6, 6.07) is 7.82. The Hall–Kier alpha value is -1.55. The zero-order valence-electron chi connectivity index (χ0n) is 12.6. The summed E-state index contributed by atoms with van der Waals surface area (Å²) in [6.45, 7) is 5.79. The highest BCUT2D eigenvalue weighted by molar-refractivity contribution is 5.81. The summed E-state index contributed by atoms with van der Waals surface area (Å²) < 4.78 is 5.37. The molecule has 1 N–H and O–H groups in total. The molecule has 1 fully saturated rings. The first-order valence-corrected chi connectivity index (χ1v) is 7.31. The van der Waals surface area contributed by atoms with Crippen molar-refractivity contribution in [3.63, 3.8) is 0 Å².